The Labute approximate surface area is 113 Å². The smallest absolute Gasteiger partial charge is 0.0829 e. The van der Waals surface area contributed by atoms with Gasteiger partial charge in [-0.1, -0.05) is 13.8 Å². The van der Waals surface area contributed by atoms with E-state index in [0.717, 1.165) is 38.6 Å². The molecule has 1 N–H and O–H groups in total. The van der Waals surface area contributed by atoms with Crippen LogP contribution in [0.15, 0.2) is 0 Å². The van der Waals surface area contributed by atoms with Crippen LogP contribution in [0.4, 0.5) is 0 Å². The van der Waals surface area contributed by atoms with Gasteiger partial charge < -0.3 is 14.8 Å². The van der Waals surface area contributed by atoms with Crippen molar-refractivity contribution in [1.29, 1.82) is 0 Å². The summed E-state index contributed by atoms with van der Waals surface area (Å²) in [6.07, 6.45) is 5.77. The number of rotatable bonds is 8. The van der Waals surface area contributed by atoms with Crippen LogP contribution in [0.5, 0.6) is 0 Å². The summed E-state index contributed by atoms with van der Waals surface area (Å²) in [6.45, 7) is 9.25. The first kappa shape index (κ1) is 15.9. The maximum Gasteiger partial charge on any atom is 0.0829 e. The van der Waals surface area contributed by atoms with Crippen molar-refractivity contribution in [3.63, 3.8) is 0 Å². The van der Waals surface area contributed by atoms with E-state index in [2.05, 4.69) is 33.1 Å². The highest BCUT2D eigenvalue weighted by atomic mass is 16.5. The van der Waals surface area contributed by atoms with Crippen LogP contribution in [0.3, 0.4) is 0 Å². The van der Waals surface area contributed by atoms with Gasteiger partial charge in [-0.3, -0.25) is 0 Å². The van der Waals surface area contributed by atoms with Gasteiger partial charge in [-0.15, -0.1) is 0 Å². The van der Waals surface area contributed by atoms with E-state index in [-0.39, 0.29) is 5.60 Å². The van der Waals surface area contributed by atoms with Gasteiger partial charge >= 0.3 is 0 Å². The third-order valence-corrected chi connectivity index (χ3v) is 4.52. The first-order valence-corrected chi connectivity index (χ1v) is 7.61. The molecule has 0 aromatic heterocycles. The van der Waals surface area contributed by atoms with E-state index >= 15 is 0 Å². The largest absolute Gasteiger partial charge is 0.381 e. The van der Waals surface area contributed by atoms with Gasteiger partial charge in [0, 0.05) is 25.9 Å². The standard InChI is InChI=1S/C15H31NO2/c1-5-15(6-2,18-7-3)14(16-4)12-13-8-10-17-11-9-13/h13-14,16H,5-12H2,1-4H3. The van der Waals surface area contributed by atoms with Crippen molar-refractivity contribution >= 4 is 0 Å². The van der Waals surface area contributed by atoms with Crippen molar-refractivity contribution in [2.24, 2.45) is 5.92 Å². The van der Waals surface area contributed by atoms with Gasteiger partial charge in [0.25, 0.3) is 0 Å². The average Bonchev–Trinajstić information content (AvgIpc) is 2.44. The van der Waals surface area contributed by atoms with Crippen molar-refractivity contribution in [3.05, 3.63) is 0 Å². The molecule has 1 unspecified atom stereocenters. The molecule has 0 aromatic carbocycles. The van der Waals surface area contributed by atoms with Crippen LogP contribution in [-0.4, -0.2) is 38.5 Å². The summed E-state index contributed by atoms with van der Waals surface area (Å²) in [5.41, 5.74) is 0.00179. The highest BCUT2D eigenvalue weighted by molar-refractivity contribution is 4.92. The number of likely N-dealkylation sites (N-methyl/N-ethyl adjacent to an activating group) is 1. The van der Waals surface area contributed by atoms with E-state index < -0.39 is 0 Å². The molecular weight excluding hydrogens is 226 g/mol. The molecule has 1 atom stereocenters. The fourth-order valence-electron chi connectivity index (χ4n) is 3.25. The van der Waals surface area contributed by atoms with Gasteiger partial charge in [0.2, 0.25) is 0 Å². The maximum atomic E-state index is 6.13. The van der Waals surface area contributed by atoms with Crippen molar-refractivity contribution in [1.82, 2.24) is 5.32 Å². The highest BCUT2D eigenvalue weighted by Crippen LogP contribution is 2.31. The minimum Gasteiger partial charge on any atom is -0.381 e. The quantitative estimate of drug-likeness (QED) is 0.725. The fraction of sp³-hybridized carbons (Fsp3) is 1.00. The Bertz CT molecular complexity index is 211. The SMILES string of the molecule is CCOC(CC)(CC)C(CC1CCOCC1)NC. The Morgan fingerprint density at radius 2 is 1.83 bits per heavy atom. The second-order valence-electron chi connectivity index (χ2n) is 5.34. The van der Waals surface area contributed by atoms with Gasteiger partial charge in [0.05, 0.1) is 5.60 Å². The Morgan fingerprint density at radius 1 is 1.22 bits per heavy atom. The first-order chi connectivity index (χ1) is 8.72. The molecule has 18 heavy (non-hydrogen) atoms. The Kier molecular flexibility index (Phi) is 7.20. The molecule has 1 fully saturated rings. The molecule has 1 saturated heterocycles. The Hall–Kier alpha value is -0.120. The topological polar surface area (TPSA) is 30.5 Å². The minimum atomic E-state index is 0.00179. The van der Waals surface area contributed by atoms with E-state index in [4.69, 9.17) is 9.47 Å². The van der Waals surface area contributed by atoms with E-state index in [1.54, 1.807) is 0 Å². The van der Waals surface area contributed by atoms with Crippen molar-refractivity contribution in [2.45, 2.75) is 64.5 Å². The van der Waals surface area contributed by atoms with Gasteiger partial charge in [-0.25, -0.2) is 0 Å². The van der Waals surface area contributed by atoms with Crippen LogP contribution in [0, 0.1) is 5.92 Å². The van der Waals surface area contributed by atoms with Gasteiger partial charge in [0.1, 0.15) is 0 Å². The highest BCUT2D eigenvalue weighted by Gasteiger charge is 2.37. The first-order valence-electron chi connectivity index (χ1n) is 7.61. The van der Waals surface area contributed by atoms with E-state index in [1.165, 1.54) is 19.3 Å². The number of hydrogen-bond acceptors (Lipinski definition) is 3. The predicted octanol–water partition coefficient (Wildman–Crippen LogP) is 2.99. The molecule has 1 rings (SSSR count). The molecule has 0 aliphatic carbocycles. The van der Waals surface area contributed by atoms with Crippen LogP contribution in [-0.2, 0) is 9.47 Å². The summed E-state index contributed by atoms with van der Waals surface area (Å²) in [6, 6.07) is 0.454. The summed E-state index contributed by atoms with van der Waals surface area (Å²) < 4.78 is 11.6. The van der Waals surface area contributed by atoms with Gasteiger partial charge in [-0.2, -0.15) is 0 Å². The summed E-state index contributed by atoms with van der Waals surface area (Å²) >= 11 is 0. The van der Waals surface area contributed by atoms with Crippen LogP contribution in [0.2, 0.25) is 0 Å². The second-order valence-corrected chi connectivity index (χ2v) is 5.34. The van der Waals surface area contributed by atoms with Crippen LogP contribution in [0.1, 0.15) is 52.9 Å². The molecule has 0 saturated carbocycles. The summed E-state index contributed by atoms with van der Waals surface area (Å²) in [5.74, 6) is 0.786. The normalized spacial score (nSPS) is 20.0. The van der Waals surface area contributed by atoms with Gasteiger partial charge in [0.15, 0.2) is 0 Å². The fourth-order valence-corrected chi connectivity index (χ4v) is 3.25. The lowest BCUT2D eigenvalue weighted by Crippen LogP contribution is -2.52. The zero-order valence-corrected chi connectivity index (χ0v) is 12.6. The Balaban J connectivity index is 2.65. The Morgan fingerprint density at radius 3 is 2.28 bits per heavy atom. The van der Waals surface area contributed by atoms with Crippen LogP contribution >= 0.6 is 0 Å². The molecule has 0 aromatic rings. The molecular formula is C15H31NO2. The maximum absolute atomic E-state index is 6.13. The average molecular weight is 257 g/mol. The number of ether oxygens (including phenoxy) is 2. The molecule has 1 aliphatic rings. The number of nitrogens with one attached hydrogen (secondary N) is 1. The number of hydrogen-bond donors (Lipinski definition) is 1. The van der Waals surface area contributed by atoms with Crippen molar-refractivity contribution in [3.8, 4) is 0 Å². The molecule has 1 heterocycles. The lowest BCUT2D eigenvalue weighted by molar-refractivity contribution is -0.0783. The van der Waals surface area contributed by atoms with Crippen LogP contribution < -0.4 is 5.32 Å². The lowest BCUT2D eigenvalue weighted by Gasteiger charge is -2.41. The van der Waals surface area contributed by atoms with Crippen molar-refractivity contribution in [2.75, 3.05) is 26.9 Å². The summed E-state index contributed by atoms with van der Waals surface area (Å²) in [5, 5.41) is 3.51. The van der Waals surface area contributed by atoms with E-state index in [1.807, 2.05) is 0 Å². The van der Waals surface area contributed by atoms with Crippen molar-refractivity contribution < 1.29 is 9.47 Å². The summed E-state index contributed by atoms with van der Waals surface area (Å²) in [7, 11) is 2.07. The van der Waals surface area contributed by atoms with E-state index in [9.17, 15) is 0 Å². The third-order valence-electron chi connectivity index (χ3n) is 4.52. The molecule has 108 valence electrons. The van der Waals surface area contributed by atoms with E-state index in [0.29, 0.717) is 6.04 Å². The molecule has 0 amide bonds. The monoisotopic (exact) mass is 257 g/mol. The minimum absolute atomic E-state index is 0.00179. The molecule has 3 heteroatoms. The molecule has 3 nitrogen and oxygen atoms in total. The summed E-state index contributed by atoms with van der Waals surface area (Å²) in [4.78, 5) is 0. The van der Waals surface area contributed by atoms with Gasteiger partial charge in [-0.05, 0) is 52.0 Å². The predicted molar refractivity (Wildman–Crippen MR) is 75.9 cm³/mol. The molecule has 1 aliphatic heterocycles. The van der Waals surface area contributed by atoms with Crippen LogP contribution in [0.25, 0.3) is 0 Å². The third kappa shape index (κ3) is 3.94. The zero-order valence-electron chi connectivity index (χ0n) is 12.6. The second kappa shape index (κ2) is 8.13. The molecule has 0 spiro atoms. The lowest BCUT2D eigenvalue weighted by atomic mass is 9.80. The molecule has 0 bridgehead atoms. The zero-order chi connectivity index (χ0) is 13.4. The molecule has 0 radical (unpaired) electrons.